The molecule has 2 saturated heterocycles. The maximum Gasteiger partial charge on any atom is 0.142 e. The fourth-order valence-corrected chi connectivity index (χ4v) is 1.93. The molecule has 10 heavy (non-hydrogen) atoms. The average Bonchev–Trinajstić information content (AvgIpc) is 2.45. The second kappa shape index (κ2) is 1.99. The summed E-state index contributed by atoms with van der Waals surface area (Å²) in [5.74, 6) is 0. The molecular formula is C7H13BO2. The lowest BCUT2D eigenvalue weighted by Crippen LogP contribution is -2.36. The van der Waals surface area contributed by atoms with Crippen molar-refractivity contribution in [1.82, 2.24) is 0 Å². The fourth-order valence-electron chi connectivity index (χ4n) is 1.93. The molecule has 0 amide bonds. The summed E-state index contributed by atoms with van der Waals surface area (Å²) in [5, 5.41) is 0. The van der Waals surface area contributed by atoms with Gasteiger partial charge in [-0.05, 0) is 6.42 Å². The molecule has 2 bridgehead atoms. The molecule has 2 aliphatic rings. The molecule has 2 fully saturated rings. The standard InChI is InChI=1S/C7H13BO2/c1-2-7-3-5(9-4-7)6(8)10-7/h5-6H,2-4,8H2,1H3. The highest BCUT2D eigenvalue weighted by Crippen LogP contribution is 2.40. The van der Waals surface area contributed by atoms with Gasteiger partial charge in [-0.15, -0.1) is 0 Å². The van der Waals surface area contributed by atoms with Gasteiger partial charge < -0.3 is 9.47 Å². The first-order chi connectivity index (χ1) is 4.76. The molecule has 56 valence electrons. The van der Waals surface area contributed by atoms with E-state index in [0.29, 0.717) is 12.1 Å². The van der Waals surface area contributed by atoms with Crippen LogP contribution >= 0.6 is 0 Å². The Morgan fingerprint density at radius 3 is 2.80 bits per heavy atom. The third-order valence-electron chi connectivity index (χ3n) is 2.74. The molecule has 0 saturated carbocycles. The molecule has 3 atom stereocenters. The third kappa shape index (κ3) is 0.737. The van der Waals surface area contributed by atoms with E-state index in [0.717, 1.165) is 19.4 Å². The van der Waals surface area contributed by atoms with Crippen LogP contribution in [0.5, 0.6) is 0 Å². The average molecular weight is 140 g/mol. The van der Waals surface area contributed by atoms with Crippen molar-refractivity contribution in [2.75, 3.05) is 6.61 Å². The van der Waals surface area contributed by atoms with Crippen molar-refractivity contribution in [2.45, 2.75) is 37.5 Å². The van der Waals surface area contributed by atoms with E-state index in [1.807, 2.05) is 0 Å². The molecule has 3 heteroatoms. The van der Waals surface area contributed by atoms with Gasteiger partial charge in [-0.25, -0.2) is 0 Å². The topological polar surface area (TPSA) is 18.5 Å². The van der Waals surface area contributed by atoms with Crippen molar-refractivity contribution in [1.29, 1.82) is 0 Å². The van der Waals surface area contributed by atoms with E-state index in [9.17, 15) is 0 Å². The monoisotopic (exact) mass is 140 g/mol. The summed E-state index contributed by atoms with van der Waals surface area (Å²) in [6.07, 6.45) is 2.60. The number of rotatable bonds is 1. The van der Waals surface area contributed by atoms with Gasteiger partial charge in [0.25, 0.3) is 0 Å². The van der Waals surface area contributed by atoms with Crippen molar-refractivity contribution in [3.63, 3.8) is 0 Å². The molecular weight excluding hydrogens is 127 g/mol. The van der Waals surface area contributed by atoms with Gasteiger partial charge in [-0.1, -0.05) is 6.92 Å². The van der Waals surface area contributed by atoms with E-state index in [2.05, 4.69) is 14.8 Å². The van der Waals surface area contributed by atoms with Gasteiger partial charge in [0.2, 0.25) is 0 Å². The fraction of sp³-hybridized carbons (Fsp3) is 1.00. The molecule has 0 spiro atoms. The maximum absolute atomic E-state index is 5.77. The van der Waals surface area contributed by atoms with Gasteiger partial charge >= 0.3 is 0 Å². The highest BCUT2D eigenvalue weighted by atomic mass is 16.6. The van der Waals surface area contributed by atoms with Crippen LogP contribution in [0.25, 0.3) is 0 Å². The summed E-state index contributed by atoms with van der Waals surface area (Å²) in [4.78, 5) is 0. The Hall–Kier alpha value is -0.0151. The van der Waals surface area contributed by atoms with E-state index in [-0.39, 0.29) is 5.60 Å². The molecule has 0 N–H and O–H groups in total. The second-order valence-corrected chi connectivity index (χ2v) is 3.41. The molecule has 0 aromatic heterocycles. The van der Waals surface area contributed by atoms with Crippen molar-refractivity contribution in [3.8, 4) is 0 Å². The zero-order valence-corrected chi connectivity index (χ0v) is 6.59. The van der Waals surface area contributed by atoms with Crippen molar-refractivity contribution in [2.24, 2.45) is 0 Å². The summed E-state index contributed by atoms with van der Waals surface area (Å²) >= 11 is 0. The Morgan fingerprint density at radius 2 is 2.50 bits per heavy atom. The predicted octanol–water partition coefficient (Wildman–Crippen LogP) is -0.0865. The highest BCUT2D eigenvalue weighted by Gasteiger charge is 2.49. The number of fused-ring (bicyclic) bond motifs is 2. The molecule has 0 aromatic carbocycles. The first kappa shape index (κ1) is 6.68. The Bertz CT molecular complexity index is 147. The van der Waals surface area contributed by atoms with E-state index < -0.39 is 0 Å². The molecule has 0 aromatic rings. The van der Waals surface area contributed by atoms with E-state index in [1.165, 1.54) is 0 Å². The van der Waals surface area contributed by atoms with Gasteiger partial charge in [-0.3, -0.25) is 0 Å². The van der Waals surface area contributed by atoms with Crippen LogP contribution in [-0.2, 0) is 9.47 Å². The predicted molar refractivity (Wildman–Crippen MR) is 40.8 cm³/mol. The number of hydrogen-bond donors (Lipinski definition) is 0. The zero-order valence-electron chi connectivity index (χ0n) is 6.59. The van der Waals surface area contributed by atoms with Crippen molar-refractivity contribution in [3.05, 3.63) is 0 Å². The molecule has 0 radical (unpaired) electrons. The van der Waals surface area contributed by atoms with Crippen LogP contribution in [-0.4, -0.2) is 32.2 Å². The number of hydrogen-bond acceptors (Lipinski definition) is 2. The van der Waals surface area contributed by atoms with E-state index in [4.69, 9.17) is 9.47 Å². The summed E-state index contributed by atoms with van der Waals surface area (Å²) in [6, 6.07) is 0.327. The van der Waals surface area contributed by atoms with Crippen LogP contribution < -0.4 is 0 Å². The largest absolute Gasteiger partial charge is 0.376 e. The summed E-state index contributed by atoms with van der Waals surface area (Å²) < 4.78 is 11.3. The molecule has 2 rings (SSSR count). The molecule has 0 aliphatic carbocycles. The summed E-state index contributed by atoms with van der Waals surface area (Å²) in [7, 11) is 2.10. The lowest BCUT2D eigenvalue weighted by molar-refractivity contribution is -0.113. The lowest BCUT2D eigenvalue weighted by Gasteiger charge is -2.27. The first-order valence-electron chi connectivity index (χ1n) is 4.05. The minimum Gasteiger partial charge on any atom is -0.376 e. The van der Waals surface area contributed by atoms with Crippen molar-refractivity contribution < 1.29 is 9.47 Å². The van der Waals surface area contributed by atoms with Gasteiger partial charge in [0.15, 0.2) is 0 Å². The first-order valence-corrected chi connectivity index (χ1v) is 4.05. The van der Waals surface area contributed by atoms with Gasteiger partial charge in [-0.2, -0.15) is 0 Å². The Labute approximate surface area is 62.3 Å². The Kier molecular flexibility index (Phi) is 1.33. The van der Waals surface area contributed by atoms with Gasteiger partial charge in [0.05, 0.1) is 24.3 Å². The van der Waals surface area contributed by atoms with E-state index in [1.54, 1.807) is 0 Å². The van der Waals surface area contributed by atoms with Crippen LogP contribution in [0.15, 0.2) is 0 Å². The Morgan fingerprint density at radius 1 is 1.70 bits per heavy atom. The quantitative estimate of drug-likeness (QED) is 0.474. The third-order valence-corrected chi connectivity index (χ3v) is 2.74. The van der Waals surface area contributed by atoms with Crippen LogP contribution in [0.4, 0.5) is 0 Å². The minimum atomic E-state index is 0.101. The van der Waals surface area contributed by atoms with E-state index >= 15 is 0 Å². The lowest BCUT2D eigenvalue weighted by atomic mass is 9.93. The smallest absolute Gasteiger partial charge is 0.142 e. The molecule has 2 aliphatic heterocycles. The summed E-state index contributed by atoms with van der Waals surface area (Å²) in [5.41, 5.74) is 0.101. The normalized spacial score (nSPS) is 52.1. The second-order valence-electron chi connectivity index (χ2n) is 3.41. The van der Waals surface area contributed by atoms with Crippen LogP contribution in [0.2, 0.25) is 0 Å². The zero-order chi connectivity index (χ0) is 7.19. The van der Waals surface area contributed by atoms with Gasteiger partial charge in [0, 0.05) is 6.42 Å². The molecule has 3 unspecified atom stereocenters. The van der Waals surface area contributed by atoms with Crippen LogP contribution in [0, 0.1) is 0 Å². The highest BCUT2D eigenvalue weighted by molar-refractivity contribution is 6.11. The van der Waals surface area contributed by atoms with Crippen molar-refractivity contribution >= 4 is 7.85 Å². The van der Waals surface area contributed by atoms with Gasteiger partial charge in [0.1, 0.15) is 7.85 Å². The SMILES string of the molecule is BC1OC2(CC)COC1C2. The maximum atomic E-state index is 5.77. The number of ether oxygens (including phenoxy) is 2. The molecule has 2 heterocycles. The molecule has 2 nitrogen and oxygen atoms in total. The minimum absolute atomic E-state index is 0.101. The Balaban J connectivity index is 2.14. The summed E-state index contributed by atoms with van der Waals surface area (Å²) in [6.45, 7) is 2.99. The van der Waals surface area contributed by atoms with Crippen LogP contribution in [0.3, 0.4) is 0 Å². The van der Waals surface area contributed by atoms with Crippen LogP contribution in [0.1, 0.15) is 19.8 Å².